The third-order valence-electron chi connectivity index (χ3n) is 4.90. The van der Waals surface area contributed by atoms with Crippen molar-refractivity contribution in [2.45, 2.75) is 18.8 Å². The van der Waals surface area contributed by atoms with Crippen molar-refractivity contribution in [1.82, 2.24) is 9.55 Å². The summed E-state index contributed by atoms with van der Waals surface area (Å²) in [5, 5.41) is 5.01. The SMILES string of the molecule is CNc1nc(=O)n(-c2ccccc2)c2cc(C3CC3)c3ccoc3c12. The van der Waals surface area contributed by atoms with Crippen LogP contribution in [-0.4, -0.2) is 16.6 Å². The molecule has 0 spiro atoms. The normalized spacial score (nSPS) is 14.3. The minimum absolute atomic E-state index is 0.296. The van der Waals surface area contributed by atoms with Crippen molar-refractivity contribution < 1.29 is 4.42 Å². The Kier molecular flexibility index (Phi) is 2.98. The van der Waals surface area contributed by atoms with Crippen LogP contribution in [0.15, 0.2) is 57.9 Å². The second-order valence-corrected chi connectivity index (χ2v) is 6.46. The van der Waals surface area contributed by atoms with Crippen LogP contribution in [0, 0.1) is 0 Å². The van der Waals surface area contributed by atoms with Gasteiger partial charge >= 0.3 is 5.69 Å². The third-order valence-corrected chi connectivity index (χ3v) is 4.90. The van der Waals surface area contributed by atoms with Crippen LogP contribution in [0.25, 0.3) is 27.6 Å². The number of fused-ring (bicyclic) bond motifs is 3. The molecule has 2 heterocycles. The second-order valence-electron chi connectivity index (χ2n) is 6.46. The molecule has 1 N–H and O–H groups in total. The standard InChI is InChI=1S/C20H17N3O2/c1-21-19-17-16(23(20(24)22-19)13-5-3-2-4-6-13)11-15(12-7-8-12)14-9-10-25-18(14)17/h2-6,9-12H,7-8H2,1H3,(H,21,22,24). The van der Waals surface area contributed by atoms with E-state index in [-0.39, 0.29) is 5.69 Å². The van der Waals surface area contributed by atoms with Gasteiger partial charge in [-0.05, 0) is 48.6 Å². The van der Waals surface area contributed by atoms with Gasteiger partial charge in [0.25, 0.3) is 0 Å². The smallest absolute Gasteiger partial charge is 0.354 e. The molecule has 0 unspecified atom stereocenters. The number of benzene rings is 2. The lowest BCUT2D eigenvalue weighted by atomic mass is 10.0. The number of furan rings is 1. The molecule has 1 fully saturated rings. The first-order chi connectivity index (χ1) is 12.3. The van der Waals surface area contributed by atoms with E-state index >= 15 is 0 Å². The van der Waals surface area contributed by atoms with Crippen molar-refractivity contribution in [2.75, 3.05) is 12.4 Å². The molecule has 0 amide bonds. The molecule has 5 heteroatoms. The summed E-state index contributed by atoms with van der Waals surface area (Å²) in [5.74, 6) is 1.10. The Labute approximate surface area is 143 Å². The van der Waals surface area contributed by atoms with Crippen molar-refractivity contribution >= 4 is 27.7 Å². The van der Waals surface area contributed by atoms with Gasteiger partial charge in [0, 0.05) is 12.4 Å². The first kappa shape index (κ1) is 14.3. The van der Waals surface area contributed by atoms with Gasteiger partial charge in [0.1, 0.15) is 11.4 Å². The fourth-order valence-corrected chi connectivity index (χ4v) is 3.59. The van der Waals surface area contributed by atoms with Crippen molar-refractivity contribution in [3.05, 3.63) is 64.8 Å². The number of hydrogen-bond acceptors (Lipinski definition) is 4. The molecule has 1 aliphatic rings. The molecule has 1 saturated carbocycles. The Morgan fingerprint density at radius 3 is 2.72 bits per heavy atom. The summed E-state index contributed by atoms with van der Waals surface area (Å²) in [5.41, 5.74) is 3.39. The number of nitrogens with one attached hydrogen (secondary N) is 1. The van der Waals surface area contributed by atoms with Crippen LogP contribution in [0.2, 0.25) is 0 Å². The predicted molar refractivity (Wildman–Crippen MR) is 98.6 cm³/mol. The molecule has 5 rings (SSSR count). The number of para-hydroxylation sites is 1. The van der Waals surface area contributed by atoms with Crippen LogP contribution in [0.4, 0.5) is 5.82 Å². The Hall–Kier alpha value is -3.08. The van der Waals surface area contributed by atoms with Gasteiger partial charge < -0.3 is 9.73 Å². The fraction of sp³-hybridized carbons (Fsp3) is 0.200. The maximum atomic E-state index is 12.8. The van der Waals surface area contributed by atoms with E-state index in [0.29, 0.717) is 11.7 Å². The molecule has 0 radical (unpaired) electrons. The number of rotatable bonds is 3. The van der Waals surface area contributed by atoms with Crippen molar-refractivity contribution in [1.29, 1.82) is 0 Å². The average Bonchev–Trinajstić information content (AvgIpc) is 3.37. The average molecular weight is 331 g/mol. The summed E-state index contributed by atoms with van der Waals surface area (Å²) < 4.78 is 7.50. The molecule has 0 atom stereocenters. The topological polar surface area (TPSA) is 60.1 Å². The lowest BCUT2D eigenvalue weighted by molar-refractivity contribution is 0.619. The highest BCUT2D eigenvalue weighted by Gasteiger charge is 2.28. The molecule has 2 aromatic heterocycles. The fourth-order valence-electron chi connectivity index (χ4n) is 3.59. The van der Waals surface area contributed by atoms with Crippen LogP contribution in [0.1, 0.15) is 24.3 Å². The van der Waals surface area contributed by atoms with Crippen LogP contribution in [-0.2, 0) is 0 Å². The van der Waals surface area contributed by atoms with E-state index in [1.165, 1.54) is 18.4 Å². The molecule has 25 heavy (non-hydrogen) atoms. The van der Waals surface area contributed by atoms with Gasteiger partial charge in [0.2, 0.25) is 0 Å². The zero-order valence-electron chi connectivity index (χ0n) is 13.8. The molecular formula is C20H17N3O2. The lowest BCUT2D eigenvalue weighted by Gasteiger charge is -2.14. The molecule has 124 valence electrons. The molecule has 2 aromatic carbocycles. The number of nitrogens with zero attached hydrogens (tertiary/aromatic N) is 2. The summed E-state index contributed by atoms with van der Waals surface area (Å²) in [6.07, 6.45) is 4.09. The molecule has 0 aliphatic heterocycles. The summed E-state index contributed by atoms with van der Waals surface area (Å²) in [6, 6.07) is 13.8. The van der Waals surface area contributed by atoms with Gasteiger partial charge in [-0.25, -0.2) is 4.79 Å². The summed E-state index contributed by atoms with van der Waals surface area (Å²) >= 11 is 0. The number of anilines is 1. The first-order valence-electron chi connectivity index (χ1n) is 8.48. The van der Waals surface area contributed by atoms with Gasteiger partial charge in [0.15, 0.2) is 0 Å². The Bertz CT molecular complexity index is 1150. The van der Waals surface area contributed by atoms with Gasteiger partial charge in [0.05, 0.1) is 22.9 Å². The largest absolute Gasteiger partial charge is 0.463 e. The van der Waals surface area contributed by atoms with Gasteiger partial charge in [-0.2, -0.15) is 4.98 Å². The van der Waals surface area contributed by atoms with Crippen molar-refractivity contribution in [3.63, 3.8) is 0 Å². The number of hydrogen-bond donors (Lipinski definition) is 1. The van der Waals surface area contributed by atoms with E-state index in [4.69, 9.17) is 4.42 Å². The van der Waals surface area contributed by atoms with Gasteiger partial charge in [-0.1, -0.05) is 18.2 Å². The third kappa shape index (κ3) is 2.09. The van der Waals surface area contributed by atoms with E-state index in [0.717, 1.165) is 27.6 Å². The van der Waals surface area contributed by atoms with E-state index in [9.17, 15) is 4.79 Å². The van der Waals surface area contributed by atoms with Gasteiger partial charge in [-0.3, -0.25) is 4.57 Å². The summed E-state index contributed by atoms with van der Waals surface area (Å²) in [6.45, 7) is 0. The van der Waals surface area contributed by atoms with E-state index < -0.39 is 0 Å². The predicted octanol–water partition coefficient (Wildman–Crippen LogP) is 4.05. The Morgan fingerprint density at radius 2 is 2.00 bits per heavy atom. The minimum Gasteiger partial charge on any atom is -0.463 e. The van der Waals surface area contributed by atoms with Crippen LogP contribution < -0.4 is 11.0 Å². The van der Waals surface area contributed by atoms with E-state index in [1.54, 1.807) is 17.9 Å². The van der Waals surface area contributed by atoms with Crippen LogP contribution in [0.5, 0.6) is 0 Å². The zero-order chi connectivity index (χ0) is 17.0. The maximum Gasteiger partial charge on any atom is 0.354 e. The lowest BCUT2D eigenvalue weighted by Crippen LogP contribution is -2.23. The highest BCUT2D eigenvalue weighted by Crippen LogP contribution is 2.46. The quantitative estimate of drug-likeness (QED) is 0.615. The summed E-state index contributed by atoms with van der Waals surface area (Å²) in [7, 11) is 1.78. The zero-order valence-corrected chi connectivity index (χ0v) is 13.8. The minimum atomic E-state index is -0.296. The maximum absolute atomic E-state index is 12.8. The van der Waals surface area contributed by atoms with Crippen molar-refractivity contribution in [3.8, 4) is 5.69 Å². The molecule has 0 saturated heterocycles. The van der Waals surface area contributed by atoms with E-state index in [1.807, 2.05) is 36.4 Å². The molecule has 5 nitrogen and oxygen atoms in total. The molecule has 0 bridgehead atoms. The van der Waals surface area contributed by atoms with E-state index in [2.05, 4.69) is 16.4 Å². The van der Waals surface area contributed by atoms with Crippen LogP contribution >= 0.6 is 0 Å². The highest BCUT2D eigenvalue weighted by molar-refractivity contribution is 6.10. The Balaban J connectivity index is 2.00. The number of aromatic nitrogens is 2. The summed E-state index contributed by atoms with van der Waals surface area (Å²) in [4.78, 5) is 17.0. The molecule has 1 aliphatic carbocycles. The van der Waals surface area contributed by atoms with Crippen molar-refractivity contribution in [2.24, 2.45) is 0 Å². The molecule has 4 aromatic rings. The monoisotopic (exact) mass is 331 g/mol. The van der Waals surface area contributed by atoms with Gasteiger partial charge in [-0.15, -0.1) is 0 Å². The Morgan fingerprint density at radius 1 is 1.20 bits per heavy atom. The second kappa shape index (κ2) is 5.21. The first-order valence-corrected chi connectivity index (χ1v) is 8.48. The highest BCUT2D eigenvalue weighted by atomic mass is 16.3. The van der Waals surface area contributed by atoms with Crippen LogP contribution in [0.3, 0.4) is 0 Å². The molecular weight excluding hydrogens is 314 g/mol.